The van der Waals surface area contributed by atoms with Gasteiger partial charge in [0.1, 0.15) is 0 Å². The van der Waals surface area contributed by atoms with Crippen LogP contribution in [0.2, 0.25) is 0 Å². The van der Waals surface area contributed by atoms with Gasteiger partial charge in [0.25, 0.3) is 0 Å². The summed E-state index contributed by atoms with van der Waals surface area (Å²) < 4.78 is 0. The number of halogens is 1. The SMILES string of the molecule is CCC(C)(C)C(=O)N1CCC2CCC(C1)N2.Cl. The monoisotopic (exact) mass is 260 g/mol. The van der Waals surface area contributed by atoms with Crippen LogP contribution in [-0.2, 0) is 4.79 Å². The lowest BCUT2D eigenvalue weighted by molar-refractivity contribution is -0.140. The van der Waals surface area contributed by atoms with E-state index >= 15 is 0 Å². The van der Waals surface area contributed by atoms with Crippen molar-refractivity contribution in [1.29, 1.82) is 0 Å². The molecule has 17 heavy (non-hydrogen) atoms. The maximum atomic E-state index is 12.4. The molecule has 0 saturated carbocycles. The Labute approximate surface area is 111 Å². The van der Waals surface area contributed by atoms with E-state index in [9.17, 15) is 4.79 Å². The van der Waals surface area contributed by atoms with Crippen molar-refractivity contribution in [3.63, 3.8) is 0 Å². The molecule has 2 aliphatic rings. The second kappa shape index (κ2) is 5.57. The number of hydrogen-bond acceptors (Lipinski definition) is 2. The highest BCUT2D eigenvalue weighted by Crippen LogP contribution is 2.27. The first-order chi connectivity index (χ1) is 7.53. The highest BCUT2D eigenvalue weighted by atomic mass is 35.5. The Morgan fingerprint density at radius 2 is 1.94 bits per heavy atom. The molecule has 2 atom stereocenters. The predicted molar refractivity (Wildman–Crippen MR) is 72.5 cm³/mol. The first kappa shape index (κ1) is 14.8. The molecule has 3 nitrogen and oxygen atoms in total. The summed E-state index contributed by atoms with van der Waals surface area (Å²) in [7, 11) is 0. The second-order valence-corrected chi connectivity index (χ2v) is 5.92. The van der Waals surface area contributed by atoms with Gasteiger partial charge in [-0.25, -0.2) is 0 Å². The highest BCUT2D eigenvalue weighted by Gasteiger charge is 2.35. The van der Waals surface area contributed by atoms with Crippen LogP contribution in [0, 0.1) is 5.41 Å². The van der Waals surface area contributed by atoms with Crippen molar-refractivity contribution in [2.75, 3.05) is 13.1 Å². The van der Waals surface area contributed by atoms with Crippen molar-refractivity contribution in [2.24, 2.45) is 5.41 Å². The van der Waals surface area contributed by atoms with Gasteiger partial charge in [0.15, 0.2) is 0 Å². The summed E-state index contributed by atoms with van der Waals surface area (Å²) in [5.41, 5.74) is -0.191. The fraction of sp³-hybridized carbons (Fsp3) is 0.923. The summed E-state index contributed by atoms with van der Waals surface area (Å²) in [6, 6.07) is 1.21. The molecular weight excluding hydrogens is 236 g/mol. The molecule has 0 radical (unpaired) electrons. The molecule has 0 aliphatic carbocycles. The molecule has 0 aromatic heterocycles. The van der Waals surface area contributed by atoms with E-state index < -0.39 is 0 Å². The second-order valence-electron chi connectivity index (χ2n) is 5.92. The van der Waals surface area contributed by atoms with Crippen molar-refractivity contribution >= 4 is 18.3 Å². The van der Waals surface area contributed by atoms with Crippen LogP contribution in [0.4, 0.5) is 0 Å². The topological polar surface area (TPSA) is 32.3 Å². The molecule has 2 rings (SSSR count). The maximum absolute atomic E-state index is 12.4. The Balaban J connectivity index is 0.00000144. The minimum atomic E-state index is -0.191. The van der Waals surface area contributed by atoms with Gasteiger partial charge in [-0.05, 0) is 25.7 Å². The zero-order valence-corrected chi connectivity index (χ0v) is 12.0. The van der Waals surface area contributed by atoms with Gasteiger partial charge in [0.2, 0.25) is 5.91 Å². The van der Waals surface area contributed by atoms with Gasteiger partial charge in [-0.15, -0.1) is 12.4 Å². The largest absolute Gasteiger partial charge is 0.341 e. The van der Waals surface area contributed by atoms with Gasteiger partial charge >= 0.3 is 0 Å². The average Bonchev–Trinajstić information content (AvgIpc) is 2.57. The number of rotatable bonds is 2. The van der Waals surface area contributed by atoms with Crippen LogP contribution < -0.4 is 5.32 Å². The van der Waals surface area contributed by atoms with E-state index in [0.717, 1.165) is 25.9 Å². The number of likely N-dealkylation sites (tertiary alicyclic amines) is 1. The molecule has 0 aromatic carbocycles. The van der Waals surface area contributed by atoms with Crippen molar-refractivity contribution in [3.8, 4) is 0 Å². The van der Waals surface area contributed by atoms with E-state index in [1.54, 1.807) is 0 Å². The van der Waals surface area contributed by atoms with Crippen LogP contribution in [0.5, 0.6) is 0 Å². The fourth-order valence-corrected chi connectivity index (χ4v) is 2.71. The quantitative estimate of drug-likeness (QED) is 0.826. The number of carbonyl (C=O) groups is 1. The Bertz CT molecular complexity index is 281. The average molecular weight is 261 g/mol. The number of fused-ring (bicyclic) bond motifs is 2. The third kappa shape index (κ3) is 3.14. The molecule has 2 aliphatic heterocycles. The van der Waals surface area contributed by atoms with Gasteiger partial charge in [0.05, 0.1) is 0 Å². The maximum Gasteiger partial charge on any atom is 0.228 e. The van der Waals surface area contributed by atoms with Crippen LogP contribution in [0.3, 0.4) is 0 Å². The summed E-state index contributed by atoms with van der Waals surface area (Å²) in [5, 5.41) is 3.61. The van der Waals surface area contributed by atoms with Crippen molar-refractivity contribution in [3.05, 3.63) is 0 Å². The Kier molecular flexibility index (Phi) is 4.85. The van der Waals surface area contributed by atoms with Crippen molar-refractivity contribution < 1.29 is 4.79 Å². The third-order valence-electron chi connectivity index (χ3n) is 4.27. The van der Waals surface area contributed by atoms with Gasteiger partial charge in [0, 0.05) is 30.6 Å². The molecule has 2 fully saturated rings. The summed E-state index contributed by atoms with van der Waals surface area (Å²) in [6.45, 7) is 8.08. The van der Waals surface area contributed by atoms with Crippen molar-refractivity contribution in [1.82, 2.24) is 10.2 Å². The lowest BCUT2D eigenvalue weighted by Gasteiger charge is -2.32. The van der Waals surface area contributed by atoms with Gasteiger partial charge in [-0.3, -0.25) is 4.79 Å². The van der Waals surface area contributed by atoms with E-state index in [1.807, 2.05) is 0 Å². The van der Waals surface area contributed by atoms with Crippen LogP contribution in [0.25, 0.3) is 0 Å². The molecule has 100 valence electrons. The molecule has 1 N–H and O–H groups in total. The van der Waals surface area contributed by atoms with E-state index in [2.05, 4.69) is 31.0 Å². The summed E-state index contributed by atoms with van der Waals surface area (Å²) in [6.07, 6.45) is 4.58. The molecule has 2 saturated heterocycles. The Hall–Kier alpha value is -0.280. The smallest absolute Gasteiger partial charge is 0.228 e. The molecule has 2 bridgehead atoms. The number of nitrogens with one attached hydrogen (secondary N) is 1. The number of hydrogen-bond donors (Lipinski definition) is 1. The van der Waals surface area contributed by atoms with Gasteiger partial charge in [-0.2, -0.15) is 0 Å². The zero-order valence-electron chi connectivity index (χ0n) is 11.2. The van der Waals surface area contributed by atoms with E-state index in [-0.39, 0.29) is 17.8 Å². The molecule has 1 amide bonds. The minimum Gasteiger partial charge on any atom is -0.341 e. The lowest BCUT2D eigenvalue weighted by Crippen LogP contribution is -2.45. The number of amides is 1. The molecule has 4 heteroatoms. The number of carbonyl (C=O) groups excluding carboxylic acids is 1. The first-order valence-corrected chi connectivity index (χ1v) is 6.58. The molecule has 2 heterocycles. The Morgan fingerprint density at radius 3 is 2.59 bits per heavy atom. The van der Waals surface area contributed by atoms with Crippen molar-refractivity contribution in [2.45, 2.75) is 58.5 Å². The van der Waals surface area contributed by atoms with Crippen LogP contribution in [0.1, 0.15) is 46.5 Å². The summed E-state index contributed by atoms with van der Waals surface area (Å²) in [4.78, 5) is 14.5. The molecule has 2 unspecified atom stereocenters. The predicted octanol–water partition coefficient (Wildman–Crippen LogP) is 2.20. The minimum absolute atomic E-state index is 0. The third-order valence-corrected chi connectivity index (χ3v) is 4.27. The molecular formula is C13H25ClN2O. The normalized spacial score (nSPS) is 28.5. The van der Waals surface area contributed by atoms with Crippen LogP contribution in [-0.4, -0.2) is 36.0 Å². The fourth-order valence-electron chi connectivity index (χ4n) is 2.71. The molecule has 0 spiro atoms. The highest BCUT2D eigenvalue weighted by molar-refractivity contribution is 5.85. The van der Waals surface area contributed by atoms with E-state index in [1.165, 1.54) is 12.8 Å². The van der Waals surface area contributed by atoms with E-state index in [4.69, 9.17) is 0 Å². The van der Waals surface area contributed by atoms with Gasteiger partial charge in [-0.1, -0.05) is 20.8 Å². The summed E-state index contributed by atoms with van der Waals surface area (Å²) >= 11 is 0. The van der Waals surface area contributed by atoms with Crippen LogP contribution in [0.15, 0.2) is 0 Å². The van der Waals surface area contributed by atoms with E-state index in [0.29, 0.717) is 18.0 Å². The van der Waals surface area contributed by atoms with Gasteiger partial charge < -0.3 is 10.2 Å². The first-order valence-electron chi connectivity index (χ1n) is 6.58. The standard InChI is InChI=1S/C13H24N2O.ClH/c1-4-13(2,3)12(16)15-8-7-10-5-6-11(9-15)14-10;/h10-11,14H,4-9H2,1-3H3;1H. The lowest BCUT2D eigenvalue weighted by atomic mass is 9.88. The molecule has 0 aromatic rings. The summed E-state index contributed by atoms with van der Waals surface area (Å²) in [5.74, 6) is 0.337. The van der Waals surface area contributed by atoms with Crippen LogP contribution >= 0.6 is 12.4 Å². The zero-order chi connectivity index (χ0) is 11.8. The number of nitrogens with zero attached hydrogens (tertiary/aromatic N) is 1. The Morgan fingerprint density at radius 1 is 1.29 bits per heavy atom.